The lowest BCUT2D eigenvalue weighted by Gasteiger charge is -2.34. The topological polar surface area (TPSA) is 88.0 Å². The minimum absolute atomic E-state index is 0.0571. The second-order valence-corrected chi connectivity index (χ2v) is 7.50. The molecule has 1 atom stereocenters. The highest BCUT2D eigenvalue weighted by molar-refractivity contribution is 6.03. The van der Waals surface area contributed by atoms with E-state index >= 15 is 0 Å². The lowest BCUT2D eigenvalue weighted by Crippen LogP contribution is -2.46. The lowest BCUT2D eigenvalue weighted by atomic mass is 10.1. The maximum Gasteiger partial charge on any atom is 0.247 e. The summed E-state index contributed by atoms with van der Waals surface area (Å²) >= 11 is 0. The van der Waals surface area contributed by atoms with Crippen molar-refractivity contribution in [2.24, 2.45) is 0 Å². The van der Waals surface area contributed by atoms with Crippen LogP contribution in [0.4, 0.5) is 26.2 Å². The zero-order chi connectivity index (χ0) is 22.1. The first-order valence-corrected chi connectivity index (χ1v) is 9.97. The fourth-order valence-electron chi connectivity index (χ4n) is 3.62. The van der Waals surface area contributed by atoms with Gasteiger partial charge < -0.3 is 15.5 Å². The van der Waals surface area contributed by atoms with Crippen molar-refractivity contribution in [2.75, 3.05) is 22.6 Å². The van der Waals surface area contributed by atoms with E-state index in [0.717, 1.165) is 17.7 Å². The number of nitrogens with zero attached hydrogens (tertiary/aromatic N) is 5. The average Bonchev–Trinajstić information content (AvgIpc) is 3.18. The molecule has 2 N–H and O–H groups in total. The highest BCUT2D eigenvalue weighted by Gasteiger charge is 2.32. The number of carbonyl (C=O) groups is 1. The molecular formula is C21H23F2N7O. The standard InChI is InChI=1S/C21H23F2N7O/c1-4-17-20(31)27-18-12(2)26-21(28-19(18)29(17)3)24-8-14-9-25-30(11-14)10-13-5-6-15(22)16(23)7-13/h5-7,9,11,17H,4,8,10H2,1-3H3,(H,27,31)(H,24,26,28)/t17-/m0/s1. The van der Waals surface area contributed by atoms with Crippen LogP contribution >= 0.6 is 0 Å². The smallest absolute Gasteiger partial charge is 0.247 e. The molecule has 0 fully saturated rings. The molecular weight excluding hydrogens is 404 g/mol. The van der Waals surface area contributed by atoms with E-state index in [9.17, 15) is 13.6 Å². The van der Waals surface area contributed by atoms with Crippen LogP contribution in [0.2, 0.25) is 0 Å². The molecule has 4 rings (SSSR count). The number of hydrogen-bond acceptors (Lipinski definition) is 6. The average molecular weight is 427 g/mol. The van der Waals surface area contributed by atoms with E-state index in [0.29, 0.717) is 48.2 Å². The van der Waals surface area contributed by atoms with Gasteiger partial charge in [0, 0.05) is 25.4 Å². The first kappa shape index (κ1) is 20.7. The Hall–Kier alpha value is -3.56. The van der Waals surface area contributed by atoms with Gasteiger partial charge in [0.2, 0.25) is 11.9 Å². The Morgan fingerprint density at radius 3 is 2.74 bits per heavy atom. The second-order valence-electron chi connectivity index (χ2n) is 7.50. The fraction of sp³-hybridized carbons (Fsp3) is 0.333. The second kappa shape index (κ2) is 8.29. The minimum atomic E-state index is -0.877. The third kappa shape index (κ3) is 4.18. The number of carbonyl (C=O) groups excluding carboxylic acids is 1. The molecule has 0 aliphatic carbocycles. The molecule has 3 heterocycles. The normalized spacial score (nSPS) is 15.6. The van der Waals surface area contributed by atoms with Crippen LogP contribution in [-0.4, -0.2) is 38.7 Å². The number of anilines is 3. The molecule has 0 bridgehead atoms. The van der Waals surface area contributed by atoms with Gasteiger partial charge in [-0.15, -0.1) is 0 Å². The van der Waals surface area contributed by atoms with Crippen LogP contribution < -0.4 is 15.5 Å². The summed E-state index contributed by atoms with van der Waals surface area (Å²) < 4.78 is 28.1. The van der Waals surface area contributed by atoms with Gasteiger partial charge in [-0.2, -0.15) is 10.1 Å². The SMILES string of the molecule is CC[C@H]1C(=O)Nc2c(C)nc(NCc3cnn(Cc4ccc(F)c(F)c4)c3)nc2N1C. The third-order valence-electron chi connectivity index (χ3n) is 5.28. The van der Waals surface area contributed by atoms with Crippen LogP contribution in [0.5, 0.6) is 0 Å². The zero-order valence-electron chi connectivity index (χ0n) is 17.5. The maximum atomic E-state index is 13.4. The van der Waals surface area contributed by atoms with Gasteiger partial charge in [-0.1, -0.05) is 13.0 Å². The predicted octanol–water partition coefficient (Wildman–Crippen LogP) is 3.09. The highest BCUT2D eigenvalue weighted by atomic mass is 19.2. The Morgan fingerprint density at radius 1 is 1.19 bits per heavy atom. The van der Waals surface area contributed by atoms with Gasteiger partial charge in [0.1, 0.15) is 11.7 Å². The van der Waals surface area contributed by atoms with E-state index in [1.165, 1.54) is 6.07 Å². The number of rotatable bonds is 6. The summed E-state index contributed by atoms with van der Waals surface area (Å²) in [6, 6.07) is 3.52. The summed E-state index contributed by atoms with van der Waals surface area (Å²) in [5.74, 6) is -0.681. The van der Waals surface area contributed by atoms with Crippen molar-refractivity contribution in [1.82, 2.24) is 19.7 Å². The molecule has 3 aromatic rings. The van der Waals surface area contributed by atoms with Crippen molar-refractivity contribution in [3.05, 3.63) is 59.0 Å². The summed E-state index contributed by atoms with van der Waals surface area (Å²) in [4.78, 5) is 23.1. The zero-order valence-corrected chi connectivity index (χ0v) is 17.5. The van der Waals surface area contributed by atoms with Gasteiger partial charge >= 0.3 is 0 Å². The molecule has 0 saturated heterocycles. The van der Waals surface area contributed by atoms with Gasteiger partial charge in [-0.05, 0) is 31.0 Å². The fourth-order valence-corrected chi connectivity index (χ4v) is 3.62. The van der Waals surface area contributed by atoms with Gasteiger partial charge in [0.25, 0.3) is 0 Å². The molecule has 162 valence electrons. The van der Waals surface area contributed by atoms with Crippen molar-refractivity contribution in [1.29, 1.82) is 0 Å². The molecule has 0 spiro atoms. The van der Waals surface area contributed by atoms with Crippen molar-refractivity contribution < 1.29 is 13.6 Å². The number of amides is 1. The number of aromatic nitrogens is 4. The Labute approximate surface area is 178 Å². The van der Waals surface area contributed by atoms with E-state index in [1.54, 1.807) is 10.9 Å². The molecule has 2 aromatic heterocycles. The Kier molecular flexibility index (Phi) is 5.53. The van der Waals surface area contributed by atoms with E-state index in [1.807, 2.05) is 32.0 Å². The molecule has 0 radical (unpaired) electrons. The number of fused-ring (bicyclic) bond motifs is 1. The Balaban J connectivity index is 1.45. The highest BCUT2D eigenvalue weighted by Crippen LogP contribution is 2.33. The molecule has 1 aromatic carbocycles. The summed E-state index contributed by atoms with van der Waals surface area (Å²) in [6.07, 6.45) is 4.18. The first-order chi connectivity index (χ1) is 14.9. The quantitative estimate of drug-likeness (QED) is 0.629. The van der Waals surface area contributed by atoms with Gasteiger partial charge in [-0.3, -0.25) is 9.48 Å². The van der Waals surface area contributed by atoms with E-state index in [4.69, 9.17) is 0 Å². The van der Waals surface area contributed by atoms with Crippen LogP contribution in [0.15, 0.2) is 30.6 Å². The number of likely N-dealkylation sites (N-methyl/N-ethyl adjacent to an activating group) is 1. The Bertz CT molecular complexity index is 1130. The van der Waals surface area contributed by atoms with Crippen molar-refractivity contribution in [3.63, 3.8) is 0 Å². The van der Waals surface area contributed by atoms with Crippen LogP contribution in [-0.2, 0) is 17.9 Å². The van der Waals surface area contributed by atoms with Crippen molar-refractivity contribution in [2.45, 2.75) is 39.4 Å². The monoisotopic (exact) mass is 427 g/mol. The molecule has 0 unspecified atom stereocenters. The predicted molar refractivity (Wildman–Crippen MR) is 113 cm³/mol. The Morgan fingerprint density at radius 2 is 2.00 bits per heavy atom. The first-order valence-electron chi connectivity index (χ1n) is 9.97. The molecule has 8 nitrogen and oxygen atoms in total. The van der Waals surface area contributed by atoms with Gasteiger partial charge in [-0.25, -0.2) is 13.8 Å². The summed E-state index contributed by atoms with van der Waals surface area (Å²) in [5.41, 5.74) is 2.80. The minimum Gasteiger partial charge on any atom is -0.350 e. The van der Waals surface area contributed by atoms with Crippen LogP contribution in [0, 0.1) is 18.6 Å². The van der Waals surface area contributed by atoms with E-state index in [-0.39, 0.29) is 11.9 Å². The van der Waals surface area contributed by atoms with Gasteiger partial charge in [0.05, 0.1) is 18.4 Å². The molecule has 10 heteroatoms. The van der Waals surface area contributed by atoms with Crippen LogP contribution in [0.1, 0.15) is 30.2 Å². The van der Waals surface area contributed by atoms with Crippen LogP contribution in [0.25, 0.3) is 0 Å². The van der Waals surface area contributed by atoms with Crippen LogP contribution in [0.3, 0.4) is 0 Å². The number of benzene rings is 1. The summed E-state index contributed by atoms with van der Waals surface area (Å²) in [6.45, 7) is 4.54. The summed E-state index contributed by atoms with van der Waals surface area (Å²) in [7, 11) is 1.85. The molecule has 1 amide bonds. The van der Waals surface area contributed by atoms with Gasteiger partial charge in [0.15, 0.2) is 17.5 Å². The number of nitrogens with one attached hydrogen (secondary N) is 2. The van der Waals surface area contributed by atoms with E-state index in [2.05, 4.69) is 25.7 Å². The van der Waals surface area contributed by atoms with Crippen molar-refractivity contribution in [3.8, 4) is 0 Å². The molecule has 1 aliphatic rings. The largest absolute Gasteiger partial charge is 0.350 e. The maximum absolute atomic E-state index is 13.4. The molecule has 0 saturated carbocycles. The number of aryl methyl sites for hydroxylation is 1. The van der Waals surface area contributed by atoms with Crippen molar-refractivity contribution >= 4 is 23.4 Å². The number of halogens is 2. The lowest BCUT2D eigenvalue weighted by molar-refractivity contribution is -0.117. The molecule has 1 aliphatic heterocycles. The summed E-state index contributed by atoms with van der Waals surface area (Å²) in [5, 5.41) is 10.4. The molecule has 31 heavy (non-hydrogen) atoms. The number of hydrogen-bond donors (Lipinski definition) is 2. The van der Waals surface area contributed by atoms with E-state index < -0.39 is 11.6 Å². The third-order valence-corrected chi connectivity index (χ3v) is 5.28.